The second-order valence-electron chi connectivity index (χ2n) is 5.52. The quantitative estimate of drug-likeness (QED) is 0.924. The lowest BCUT2D eigenvalue weighted by atomic mass is 9.96. The molecule has 0 bridgehead atoms. The Kier molecular flexibility index (Phi) is 3.26. The van der Waals surface area contributed by atoms with E-state index in [0.717, 1.165) is 18.5 Å². The smallest absolute Gasteiger partial charge is 0.252 e. The lowest BCUT2D eigenvalue weighted by Crippen LogP contribution is -2.32. The number of pyridine rings is 1. The predicted molar refractivity (Wildman–Crippen MR) is 78.7 cm³/mol. The van der Waals surface area contributed by atoms with Crippen LogP contribution in [0.5, 0.6) is 0 Å². The largest absolute Gasteiger partial charge is 0.351 e. The normalized spacial score (nSPS) is 15.7. The van der Waals surface area contributed by atoms with Crippen molar-refractivity contribution >= 4 is 5.91 Å². The Hall–Kier alpha value is -2.16. The first kappa shape index (κ1) is 12.9. The molecule has 0 radical (unpaired) electrons. The topological polar surface area (TPSA) is 42.0 Å². The number of aromatic nitrogens is 1. The third kappa shape index (κ3) is 2.57. The Bertz CT molecular complexity index is 601. The lowest BCUT2D eigenvalue weighted by molar-refractivity contribution is 0.0949. The molecule has 102 valence electrons. The molecule has 0 atom stereocenters. The van der Waals surface area contributed by atoms with Crippen LogP contribution in [0.25, 0.3) is 0 Å². The highest BCUT2D eigenvalue weighted by Gasteiger charge is 2.44. The molecule has 1 aromatic heterocycles. The van der Waals surface area contributed by atoms with Crippen molar-refractivity contribution in [3.8, 4) is 0 Å². The minimum absolute atomic E-state index is 0.0419. The molecule has 1 aromatic carbocycles. The number of carbonyl (C=O) groups is 1. The van der Waals surface area contributed by atoms with E-state index in [1.54, 1.807) is 6.20 Å². The van der Waals surface area contributed by atoms with Crippen molar-refractivity contribution in [3.63, 3.8) is 0 Å². The average molecular weight is 266 g/mol. The standard InChI is InChI=1S/C17H18N2O/c1-13-7-8-14(11-18-13)16(20)19-12-17(9-10-17)15-5-3-2-4-6-15/h2-8,11H,9-10,12H2,1H3,(H,19,20). The molecule has 1 aliphatic rings. The van der Waals surface area contributed by atoms with Gasteiger partial charge in [0.1, 0.15) is 0 Å². The number of amides is 1. The third-order valence-corrected chi connectivity index (χ3v) is 4.00. The molecule has 2 aromatic rings. The maximum absolute atomic E-state index is 12.1. The van der Waals surface area contributed by atoms with Crippen LogP contribution in [0.2, 0.25) is 0 Å². The molecule has 1 aliphatic carbocycles. The molecule has 3 nitrogen and oxygen atoms in total. The molecule has 0 saturated heterocycles. The number of benzene rings is 1. The molecule has 1 heterocycles. The Morgan fingerprint density at radius 2 is 1.95 bits per heavy atom. The molecule has 0 unspecified atom stereocenters. The molecule has 1 N–H and O–H groups in total. The minimum Gasteiger partial charge on any atom is -0.351 e. The molecule has 1 saturated carbocycles. The van der Waals surface area contributed by atoms with Crippen molar-refractivity contribution in [2.75, 3.05) is 6.54 Å². The predicted octanol–water partition coefficient (Wildman–Crippen LogP) is 2.85. The molecule has 3 rings (SSSR count). The first-order chi connectivity index (χ1) is 9.70. The molecule has 1 fully saturated rings. The van der Waals surface area contributed by atoms with Crippen LogP contribution in [-0.4, -0.2) is 17.4 Å². The van der Waals surface area contributed by atoms with Gasteiger partial charge in [0.05, 0.1) is 5.56 Å². The van der Waals surface area contributed by atoms with Crippen LogP contribution in [0.15, 0.2) is 48.7 Å². The fraction of sp³-hybridized carbons (Fsp3) is 0.294. The van der Waals surface area contributed by atoms with Crippen molar-refractivity contribution in [2.24, 2.45) is 0 Å². The molecule has 1 amide bonds. The fourth-order valence-electron chi connectivity index (χ4n) is 2.46. The van der Waals surface area contributed by atoms with Crippen LogP contribution >= 0.6 is 0 Å². The van der Waals surface area contributed by atoms with E-state index in [4.69, 9.17) is 0 Å². The number of rotatable bonds is 4. The number of hydrogen-bond acceptors (Lipinski definition) is 2. The van der Waals surface area contributed by atoms with E-state index in [2.05, 4.69) is 34.6 Å². The summed E-state index contributed by atoms with van der Waals surface area (Å²) >= 11 is 0. The van der Waals surface area contributed by atoms with Crippen LogP contribution in [0.3, 0.4) is 0 Å². The first-order valence-electron chi connectivity index (χ1n) is 6.96. The van der Waals surface area contributed by atoms with Crippen molar-refractivity contribution < 1.29 is 4.79 Å². The van der Waals surface area contributed by atoms with Gasteiger partial charge in [0.2, 0.25) is 0 Å². The molecular formula is C17H18N2O. The summed E-state index contributed by atoms with van der Waals surface area (Å²) < 4.78 is 0. The number of carbonyl (C=O) groups excluding carboxylic acids is 1. The van der Waals surface area contributed by atoms with Gasteiger partial charge in [-0.3, -0.25) is 9.78 Å². The van der Waals surface area contributed by atoms with Gasteiger partial charge in [-0.1, -0.05) is 30.3 Å². The van der Waals surface area contributed by atoms with Crippen molar-refractivity contribution in [1.29, 1.82) is 0 Å². The molecular weight excluding hydrogens is 248 g/mol. The summed E-state index contributed by atoms with van der Waals surface area (Å²) in [6.45, 7) is 2.61. The maximum atomic E-state index is 12.1. The summed E-state index contributed by atoms with van der Waals surface area (Å²) in [6, 6.07) is 14.1. The van der Waals surface area contributed by atoms with Crippen LogP contribution in [0.1, 0.15) is 34.5 Å². The van der Waals surface area contributed by atoms with Gasteiger partial charge in [-0.25, -0.2) is 0 Å². The second kappa shape index (κ2) is 5.08. The van der Waals surface area contributed by atoms with Gasteiger partial charge in [-0.05, 0) is 37.5 Å². The van der Waals surface area contributed by atoms with E-state index in [0.29, 0.717) is 12.1 Å². The minimum atomic E-state index is -0.0419. The Morgan fingerprint density at radius 1 is 1.20 bits per heavy atom. The van der Waals surface area contributed by atoms with Crippen molar-refractivity contribution in [2.45, 2.75) is 25.2 Å². The fourth-order valence-corrected chi connectivity index (χ4v) is 2.46. The van der Waals surface area contributed by atoms with E-state index in [-0.39, 0.29) is 11.3 Å². The van der Waals surface area contributed by atoms with Crippen molar-refractivity contribution in [1.82, 2.24) is 10.3 Å². The average Bonchev–Trinajstić information content (AvgIpc) is 3.28. The summed E-state index contributed by atoms with van der Waals surface area (Å²) in [5, 5.41) is 3.04. The zero-order valence-electron chi connectivity index (χ0n) is 11.6. The Morgan fingerprint density at radius 3 is 2.55 bits per heavy atom. The maximum Gasteiger partial charge on any atom is 0.252 e. The monoisotopic (exact) mass is 266 g/mol. The molecule has 0 aliphatic heterocycles. The highest BCUT2D eigenvalue weighted by molar-refractivity contribution is 5.93. The number of nitrogens with zero attached hydrogens (tertiary/aromatic N) is 1. The highest BCUT2D eigenvalue weighted by atomic mass is 16.1. The van der Waals surface area contributed by atoms with Crippen LogP contribution in [0, 0.1) is 6.92 Å². The van der Waals surface area contributed by atoms with Gasteiger partial charge in [-0.2, -0.15) is 0 Å². The highest BCUT2D eigenvalue weighted by Crippen LogP contribution is 2.47. The van der Waals surface area contributed by atoms with Crippen LogP contribution in [-0.2, 0) is 5.41 Å². The third-order valence-electron chi connectivity index (χ3n) is 4.00. The number of aryl methyl sites for hydroxylation is 1. The van der Waals surface area contributed by atoms with Gasteiger partial charge in [0, 0.05) is 23.9 Å². The first-order valence-corrected chi connectivity index (χ1v) is 6.96. The van der Waals surface area contributed by atoms with Gasteiger partial charge in [0.25, 0.3) is 5.91 Å². The van der Waals surface area contributed by atoms with Gasteiger partial charge in [-0.15, -0.1) is 0 Å². The van der Waals surface area contributed by atoms with Crippen LogP contribution < -0.4 is 5.32 Å². The van der Waals surface area contributed by atoms with E-state index in [1.165, 1.54) is 5.56 Å². The summed E-state index contributed by atoms with van der Waals surface area (Å²) in [4.78, 5) is 16.3. The van der Waals surface area contributed by atoms with Crippen LogP contribution in [0.4, 0.5) is 0 Å². The van der Waals surface area contributed by atoms with Gasteiger partial charge < -0.3 is 5.32 Å². The zero-order valence-corrected chi connectivity index (χ0v) is 11.6. The lowest BCUT2D eigenvalue weighted by Gasteiger charge is -2.16. The molecule has 3 heteroatoms. The van der Waals surface area contributed by atoms with E-state index >= 15 is 0 Å². The summed E-state index contributed by atoms with van der Waals surface area (Å²) in [6.07, 6.45) is 3.92. The Balaban J connectivity index is 1.65. The zero-order chi connectivity index (χ0) is 14.0. The molecule has 0 spiro atoms. The van der Waals surface area contributed by atoms with E-state index in [9.17, 15) is 4.79 Å². The Labute approximate surface area is 119 Å². The van der Waals surface area contributed by atoms with Gasteiger partial charge in [0.15, 0.2) is 0 Å². The van der Waals surface area contributed by atoms with Crippen molar-refractivity contribution in [3.05, 3.63) is 65.5 Å². The molecule has 20 heavy (non-hydrogen) atoms. The summed E-state index contributed by atoms with van der Waals surface area (Å²) in [5.74, 6) is -0.0419. The van der Waals surface area contributed by atoms with E-state index < -0.39 is 0 Å². The number of hydrogen-bond donors (Lipinski definition) is 1. The SMILES string of the molecule is Cc1ccc(C(=O)NCC2(c3ccccc3)CC2)cn1. The summed E-state index contributed by atoms with van der Waals surface area (Å²) in [7, 11) is 0. The second-order valence-corrected chi connectivity index (χ2v) is 5.52. The van der Waals surface area contributed by atoms with E-state index in [1.807, 2.05) is 25.1 Å². The summed E-state index contributed by atoms with van der Waals surface area (Å²) in [5.41, 5.74) is 3.01. The number of nitrogens with one attached hydrogen (secondary N) is 1. The van der Waals surface area contributed by atoms with Gasteiger partial charge >= 0.3 is 0 Å².